The molecule has 0 saturated heterocycles. The van der Waals surface area contributed by atoms with Gasteiger partial charge in [0.05, 0.1) is 6.61 Å². The maximum Gasteiger partial charge on any atom is 0.145 e. The van der Waals surface area contributed by atoms with Gasteiger partial charge in [0.25, 0.3) is 0 Å². The number of ether oxygens (including phenoxy) is 1. The Morgan fingerprint density at radius 3 is 2.93 bits per heavy atom. The van der Waals surface area contributed by atoms with Gasteiger partial charge in [-0.2, -0.15) is 0 Å². The van der Waals surface area contributed by atoms with Crippen LogP contribution in [0.2, 0.25) is 0 Å². The molecule has 0 amide bonds. The zero-order valence-electron chi connectivity index (χ0n) is 8.52. The molecule has 1 aromatic carbocycles. The Hall–Kier alpha value is -1.57. The van der Waals surface area contributed by atoms with E-state index in [1.807, 2.05) is 24.4 Å². The van der Waals surface area contributed by atoms with Gasteiger partial charge in [-0.1, -0.05) is 18.2 Å². The summed E-state index contributed by atoms with van der Waals surface area (Å²) < 4.78 is 5.78. The van der Waals surface area contributed by atoms with Gasteiger partial charge >= 0.3 is 0 Å². The fourth-order valence-corrected chi connectivity index (χ4v) is 1.68. The second-order valence-corrected chi connectivity index (χ2v) is 4.09. The number of pyridine rings is 1. The Labute approximate surface area is 88.9 Å². The van der Waals surface area contributed by atoms with Gasteiger partial charge in [0, 0.05) is 11.6 Å². The SMILES string of the molecule is c1cnc2c(OCC3CC3)cccc2c1. The molecule has 1 heterocycles. The van der Waals surface area contributed by atoms with E-state index in [9.17, 15) is 0 Å². The molecule has 0 N–H and O–H groups in total. The van der Waals surface area contributed by atoms with Crippen molar-refractivity contribution in [3.8, 4) is 5.75 Å². The first-order chi connectivity index (χ1) is 7.43. The van der Waals surface area contributed by atoms with Crippen LogP contribution in [-0.2, 0) is 0 Å². The molecular formula is C13H13NO. The summed E-state index contributed by atoms with van der Waals surface area (Å²) in [6, 6.07) is 10.1. The van der Waals surface area contributed by atoms with E-state index in [2.05, 4.69) is 17.1 Å². The highest BCUT2D eigenvalue weighted by atomic mass is 16.5. The minimum absolute atomic E-state index is 0.781. The Morgan fingerprint density at radius 1 is 1.20 bits per heavy atom. The minimum atomic E-state index is 0.781. The highest BCUT2D eigenvalue weighted by Crippen LogP contribution is 2.31. The van der Waals surface area contributed by atoms with E-state index in [1.54, 1.807) is 0 Å². The number of fused-ring (bicyclic) bond motifs is 1. The first-order valence-corrected chi connectivity index (χ1v) is 5.40. The van der Waals surface area contributed by atoms with E-state index in [0.717, 1.165) is 29.2 Å². The molecule has 1 aliphatic carbocycles. The predicted molar refractivity (Wildman–Crippen MR) is 60.0 cm³/mol. The summed E-state index contributed by atoms with van der Waals surface area (Å²) in [4.78, 5) is 4.35. The van der Waals surface area contributed by atoms with Crippen molar-refractivity contribution >= 4 is 10.9 Å². The topological polar surface area (TPSA) is 22.1 Å². The van der Waals surface area contributed by atoms with Crippen LogP contribution in [0.4, 0.5) is 0 Å². The average molecular weight is 199 g/mol. The lowest BCUT2D eigenvalue weighted by Gasteiger charge is -2.07. The third-order valence-corrected chi connectivity index (χ3v) is 2.77. The molecule has 1 aromatic heterocycles. The monoisotopic (exact) mass is 199 g/mol. The molecule has 0 aliphatic heterocycles. The molecule has 3 rings (SSSR count). The second-order valence-electron chi connectivity index (χ2n) is 4.09. The first-order valence-electron chi connectivity index (χ1n) is 5.40. The van der Waals surface area contributed by atoms with Crippen molar-refractivity contribution < 1.29 is 4.74 Å². The third-order valence-electron chi connectivity index (χ3n) is 2.77. The number of para-hydroxylation sites is 1. The van der Waals surface area contributed by atoms with E-state index < -0.39 is 0 Å². The second kappa shape index (κ2) is 3.54. The summed E-state index contributed by atoms with van der Waals surface area (Å²) in [7, 11) is 0. The zero-order valence-corrected chi connectivity index (χ0v) is 8.52. The third kappa shape index (κ3) is 1.80. The number of aromatic nitrogens is 1. The molecule has 0 spiro atoms. The molecule has 1 fully saturated rings. The molecule has 76 valence electrons. The number of nitrogens with zero attached hydrogens (tertiary/aromatic N) is 1. The van der Waals surface area contributed by atoms with Crippen LogP contribution in [0, 0.1) is 5.92 Å². The Morgan fingerprint density at radius 2 is 2.07 bits per heavy atom. The molecule has 0 bridgehead atoms. The first kappa shape index (κ1) is 8.72. The van der Waals surface area contributed by atoms with Gasteiger partial charge in [-0.3, -0.25) is 4.98 Å². The zero-order chi connectivity index (χ0) is 10.1. The van der Waals surface area contributed by atoms with Crippen LogP contribution < -0.4 is 4.74 Å². The highest BCUT2D eigenvalue weighted by Gasteiger charge is 2.22. The van der Waals surface area contributed by atoms with Crippen LogP contribution in [0.5, 0.6) is 5.75 Å². The Kier molecular flexibility index (Phi) is 2.05. The lowest BCUT2D eigenvalue weighted by atomic mass is 10.2. The van der Waals surface area contributed by atoms with Crippen LogP contribution in [0.3, 0.4) is 0 Å². The summed E-state index contributed by atoms with van der Waals surface area (Å²) >= 11 is 0. The fraction of sp³-hybridized carbons (Fsp3) is 0.308. The molecule has 0 radical (unpaired) electrons. The summed E-state index contributed by atoms with van der Waals surface area (Å²) in [6.45, 7) is 0.843. The summed E-state index contributed by atoms with van der Waals surface area (Å²) in [5.41, 5.74) is 0.973. The van der Waals surface area contributed by atoms with E-state index in [1.165, 1.54) is 12.8 Å². The fourth-order valence-electron chi connectivity index (χ4n) is 1.68. The molecule has 2 aromatic rings. The van der Waals surface area contributed by atoms with Crippen molar-refractivity contribution in [3.05, 3.63) is 36.5 Å². The van der Waals surface area contributed by atoms with Crippen molar-refractivity contribution in [2.45, 2.75) is 12.8 Å². The van der Waals surface area contributed by atoms with Gasteiger partial charge in [0.15, 0.2) is 0 Å². The Balaban J connectivity index is 1.93. The maximum atomic E-state index is 5.78. The van der Waals surface area contributed by atoms with Crippen molar-refractivity contribution in [3.63, 3.8) is 0 Å². The number of hydrogen-bond donors (Lipinski definition) is 0. The predicted octanol–water partition coefficient (Wildman–Crippen LogP) is 3.02. The van der Waals surface area contributed by atoms with Gasteiger partial charge in [-0.05, 0) is 30.9 Å². The Bertz CT molecular complexity index is 471. The maximum absolute atomic E-state index is 5.78. The van der Waals surface area contributed by atoms with E-state index in [4.69, 9.17) is 4.74 Å². The van der Waals surface area contributed by atoms with Crippen LogP contribution in [0.1, 0.15) is 12.8 Å². The van der Waals surface area contributed by atoms with E-state index in [-0.39, 0.29) is 0 Å². The van der Waals surface area contributed by atoms with Crippen LogP contribution in [-0.4, -0.2) is 11.6 Å². The van der Waals surface area contributed by atoms with Gasteiger partial charge < -0.3 is 4.74 Å². The largest absolute Gasteiger partial charge is 0.491 e. The molecule has 0 unspecified atom stereocenters. The van der Waals surface area contributed by atoms with Crippen molar-refractivity contribution in [2.24, 2.45) is 5.92 Å². The van der Waals surface area contributed by atoms with Gasteiger partial charge in [0.2, 0.25) is 0 Å². The average Bonchev–Trinajstić information content (AvgIpc) is 3.10. The molecule has 1 aliphatic rings. The minimum Gasteiger partial charge on any atom is -0.491 e. The van der Waals surface area contributed by atoms with Crippen molar-refractivity contribution in [1.82, 2.24) is 4.98 Å². The molecule has 2 heteroatoms. The lowest BCUT2D eigenvalue weighted by molar-refractivity contribution is 0.302. The standard InChI is InChI=1S/C13H13NO/c1-3-11-4-2-8-14-13(11)12(5-1)15-9-10-6-7-10/h1-5,8,10H,6-7,9H2. The van der Waals surface area contributed by atoms with Crippen LogP contribution >= 0.6 is 0 Å². The lowest BCUT2D eigenvalue weighted by Crippen LogP contribution is -1.99. The summed E-state index contributed by atoms with van der Waals surface area (Å²) in [5.74, 6) is 1.70. The smallest absolute Gasteiger partial charge is 0.145 e. The van der Waals surface area contributed by atoms with E-state index in [0.29, 0.717) is 0 Å². The van der Waals surface area contributed by atoms with Crippen LogP contribution in [0.15, 0.2) is 36.5 Å². The van der Waals surface area contributed by atoms with Crippen molar-refractivity contribution in [2.75, 3.05) is 6.61 Å². The number of hydrogen-bond acceptors (Lipinski definition) is 2. The molecular weight excluding hydrogens is 186 g/mol. The summed E-state index contributed by atoms with van der Waals surface area (Å²) in [6.07, 6.45) is 4.45. The summed E-state index contributed by atoms with van der Waals surface area (Å²) in [5, 5.41) is 1.14. The quantitative estimate of drug-likeness (QED) is 0.758. The van der Waals surface area contributed by atoms with Crippen LogP contribution in [0.25, 0.3) is 10.9 Å². The number of rotatable bonds is 3. The van der Waals surface area contributed by atoms with Crippen molar-refractivity contribution in [1.29, 1.82) is 0 Å². The highest BCUT2D eigenvalue weighted by molar-refractivity contribution is 5.84. The number of benzene rings is 1. The molecule has 1 saturated carbocycles. The van der Waals surface area contributed by atoms with Gasteiger partial charge in [0.1, 0.15) is 11.3 Å². The van der Waals surface area contributed by atoms with Gasteiger partial charge in [-0.25, -0.2) is 0 Å². The van der Waals surface area contributed by atoms with E-state index >= 15 is 0 Å². The molecule has 15 heavy (non-hydrogen) atoms. The normalized spacial score (nSPS) is 15.5. The molecule has 2 nitrogen and oxygen atoms in total. The van der Waals surface area contributed by atoms with Gasteiger partial charge in [-0.15, -0.1) is 0 Å². The molecule has 0 atom stereocenters.